The maximum Gasteiger partial charge on any atom is 0.191 e. The predicted molar refractivity (Wildman–Crippen MR) is 92.8 cm³/mol. The van der Waals surface area contributed by atoms with Gasteiger partial charge in [0.05, 0.1) is 23.4 Å². The van der Waals surface area contributed by atoms with Crippen LogP contribution in [-0.4, -0.2) is 0 Å². The van der Waals surface area contributed by atoms with E-state index in [1.165, 1.54) is 0 Å². The number of hydrogen-bond acceptors (Lipinski definition) is 4. The van der Waals surface area contributed by atoms with E-state index in [9.17, 15) is 15.8 Å². The van der Waals surface area contributed by atoms with E-state index < -0.39 is 5.41 Å². The zero-order chi connectivity index (χ0) is 17.3. The molecule has 2 N–H and O–H groups in total. The molecule has 0 bridgehead atoms. The number of hydrogen-bond donors (Lipinski definition) is 1. The molecule has 1 aromatic carbocycles. The number of fused-ring (bicyclic) bond motifs is 1. The van der Waals surface area contributed by atoms with E-state index in [2.05, 4.69) is 34.1 Å². The lowest BCUT2D eigenvalue weighted by Crippen LogP contribution is -2.42. The van der Waals surface area contributed by atoms with E-state index >= 15 is 0 Å². The van der Waals surface area contributed by atoms with Crippen molar-refractivity contribution in [1.82, 2.24) is 0 Å². The fourth-order valence-corrected chi connectivity index (χ4v) is 4.18. The van der Waals surface area contributed by atoms with Gasteiger partial charge in [-0.15, -0.1) is 0 Å². The maximum atomic E-state index is 9.88. The third-order valence-corrected chi connectivity index (χ3v) is 5.56. The molecule has 2 atom stereocenters. The van der Waals surface area contributed by atoms with Gasteiger partial charge in [-0.25, -0.2) is 0 Å². The summed E-state index contributed by atoms with van der Waals surface area (Å²) in [5, 5.41) is 29.3. The number of halogens is 1. The standard InChI is InChI=1S/C19H15BrN4/c20-13-7-5-12(6-8-13)17-15-4-2-1-3-14(15)16(9-21)18(24)19(17,10-22)11-23/h3,5-8,15,17H,1-2,4,24H2/t15-,17+/m0/s1. The van der Waals surface area contributed by atoms with Crippen molar-refractivity contribution in [3.8, 4) is 18.2 Å². The van der Waals surface area contributed by atoms with Crippen LogP contribution in [0, 0.1) is 45.3 Å². The van der Waals surface area contributed by atoms with E-state index in [1.54, 1.807) is 0 Å². The molecule has 1 aromatic rings. The van der Waals surface area contributed by atoms with E-state index in [4.69, 9.17) is 5.73 Å². The van der Waals surface area contributed by atoms with Crippen LogP contribution in [0.2, 0.25) is 0 Å². The van der Waals surface area contributed by atoms with Crippen molar-refractivity contribution in [3.05, 3.63) is 57.2 Å². The van der Waals surface area contributed by atoms with Gasteiger partial charge in [-0.3, -0.25) is 0 Å². The van der Waals surface area contributed by atoms with Crippen molar-refractivity contribution in [1.29, 1.82) is 15.8 Å². The predicted octanol–water partition coefficient (Wildman–Crippen LogP) is 4.04. The molecule has 0 radical (unpaired) electrons. The quantitative estimate of drug-likeness (QED) is 0.796. The smallest absolute Gasteiger partial charge is 0.191 e. The summed E-state index contributed by atoms with van der Waals surface area (Å²) in [6.07, 6.45) is 4.76. The molecule has 0 spiro atoms. The minimum absolute atomic E-state index is 0.0406. The van der Waals surface area contributed by atoms with E-state index in [1.807, 2.05) is 30.3 Å². The Labute approximate surface area is 149 Å². The summed E-state index contributed by atoms with van der Waals surface area (Å²) in [5.74, 6) is -0.412. The molecule has 0 fully saturated rings. The minimum Gasteiger partial charge on any atom is -0.399 e. The van der Waals surface area contributed by atoms with Crippen molar-refractivity contribution in [2.45, 2.75) is 25.2 Å². The molecule has 118 valence electrons. The summed E-state index contributed by atoms with van der Waals surface area (Å²) in [6, 6.07) is 14.1. The molecule has 2 aliphatic carbocycles. The van der Waals surface area contributed by atoms with Crippen LogP contribution in [0.25, 0.3) is 0 Å². The second-order valence-electron chi connectivity index (χ2n) is 6.16. The maximum absolute atomic E-state index is 9.88. The highest BCUT2D eigenvalue weighted by molar-refractivity contribution is 9.10. The average molecular weight is 379 g/mol. The number of benzene rings is 1. The van der Waals surface area contributed by atoms with E-state index in [0.29, 0.717) is 5.57 Å². The Morgan fingerprint density at radius 2 is 1.79 bits per heavy atom. The first-order valence-corrected chi connectivity index (χ1v) is 8.57. The molecule has 0 saturated heterocycles. The van der Waals surface area contributed by atoms with Crippen LogP contribution in [-0.2, 0) is 0 Å². The third kappa shape index (κ3) is 2.23. The lowest BCUT2D eigenvalue weighted by atomic mass is 9.57. The number of nitriles is 3. The van der Waals surface area contributed by atoms with Gasteiger partial charge in [0.25, 0.3) is 0 Å². The van der Waals surface area contributed by atoms with Gasteiger partial charge in [0.2, 0.25) is 0 Å². The van der Waals surface area contributed by atoms with Crippen molar-refractivity contribution < 1.29 is 0 Å². The van der Waals surface area contributed by atoms with Crippen LogP contribution in [0.4, 0.5) is 0 Å². The molecular formula is C19H15BrN4. The SMILES string of the molecule is N#CC1=C(N)C(C#N)(C#N)[C@H](c2ccc(Br)cc2)[C@H]2CCCC=C12. The third-order valence-electron chi connectivity index (χ3n) is 5.03. The molecule has 5 heteroatoms. The Morgan fingerprint density at radius 1 is 1.12 bits per heavy atom. The summed E-state index contributed by atoms with van der Waals surface area (Å²) in [6.45, 7) is 0. The molecule has 0 aromatic heterocycles. The Kier molecular flexibility index (Phi) is 4.18. The Balaban J connectivity index is 2.31. The van der Waals surface area contributed by atoms with Gasteiger partial charge in [0.1, 0.15) is 6.07 Å². The normalized spacial score (nSPS) is 24.8. The average Bonchev–Trinajstić information content (AvgIpc) is 2.62. The lowest BCUT2D eigenvalue weighted by molar-refractivity contribution is 0.317. The highest BCUT2D eigenvalue weighted by Gasteiger charge is 2.53. The molecule has 2 aliphatic rings. The summed E-state index contributed by atoms with van der Waals surface area (Å²) < 4.78 is 0.933. The summed E-state index contributed by atoms with van der Waals surface area (Å²) in [5.41, 5.74) is 6.91. The highest BCUT2D eigenvalue weighted by atomic mass is 79.9. The van der Waals surface area contributed by atoms with Crippen LogP contribution >= 0.6 is 15.9 Å². The zero-order valence-electron chi connectivity index (χ0n) is 13.0. The van der Waals surface area contributed by atoms with Gasteiger partial charge < -0.3 is 5.73 Å². The largest absolute Gasteiger partial charge is 0.399 e. The van der Waals surface area contributed by atoms with Gasteiger partial charge in [-0.1, -0.05) is 34.1 Å². The number of rotatable bonds is 1. The van der Waals surface area contributed by atoms with Crippen LogP contribution in [0.1, 0.15) is 30.7 Å². The Bertz CT molecular complexity index is 845. The van der Waals surface area contributed by atoms with Gasteiger partial charge in [0, 0.05) is 10.4 Å². The fourth-order valence-electron chi connectivity index (χ4n) is 3.92. The summed E-state index contributed by atoms with van der Waals surface area (Å²) in [7, 11) is 0. The van der Waals surface area contributed by atoms with E-state index in [-0.39, 0.29) is 17.5 Å². The highest BCUT2D eigenvalue weighted by Crippen LogP contribution is 2.55. The zero-order valence-corrected chi connectivity index (χ0v) is 14.5. The number of allylic oxidation sites excluding steroid dienone is 4. The molecule has 0 unspecified atom stereocenters. The monoisotopic (exact) mass is 378 g/mol. The molecule has 0 amide bonds. The molecular weight excluding hydrogens is 364 g/mol. The molecule has 0 aliphatic heterocycles. The topological polar surface area (TPSA) is 97.4 Å². The van der Waals surface area contributed by atoms with Gasteiger partial charge in [-0.2, -0.15) is 15.8 Å². The lowest BCUT2D eigenvalue weighted by Gasteiger charge is -2.43. The summed E-state index contributed by atoms with van der Waals surface area (Å²) >= 11 is 3.42. The Morgan fingerprint density at radius 3 is 2.38 bits per heavy atom. The van der Waals surface area contributed by atoms with Gasteiger partial charge >= 0.3 is 0 Å². The second-order valence-corrected chi connectivity index (χ2v) is 7.07. The molecule has 24 heavy (non-hydrogen) atoms. The second kappa shape index (κ2) is 6.16. The van der Waals surface area contributed by atoms with Gasteiger partial charge in [-0.05, 0) is 48.4 Å². The van der Waals surface area contributed by atoms with Crippen molar-refractivity contribution in [2.75, 3.05) is 0 Å². The van der Waals surface area contributed by atoms with Crippen molar-refractivity contribution >= 4 is 15.9 Å². The number of nitrogens with two attached hydrogens (primary N) is 1. The Hall–Kier alpha value is -2.55. The molecule has 0 heterocycles. The first-order valence-electron chi connectivity index (χ1n) is 7.77. The first kappa shape index (κ1) is 16.3. The van der Waals surface area contributed by atoms with Crippen LogP contribution in [0.3, 0.4) is 0 Å². The summed E-state index contributed by atoms with van der Waals surface area (Å²) in [4.78, 5) is 0. The number of nitrogens with zero attached hydrogens (tertiary/aromatic N) is 3. The van der Waals surface area contributed by atoms with E-state index in [0.717, 1.165) is 34.9 Å². The minimum atomic E-state index is -1.52. The van der Waals surface area contributed by atoms with Crippen molar-refractivity contribution in [2.24, 2.45) is 17.1 Å². The molecule has 0 saturated carbocycles. The van der Waals surface area contributed by atoms with Crippen LogP contribution < -0.4 is 5.73 Å². The van der Waals surface area contributed by atoms with Crippen LogP contribution in [0.15, 0.2) is 51.7 Å². The van der Waals surface area contributed by atoms with Crippen LogP contribution in [0.5, 0.6) is 0 Å². The fraction of sp³-hybridized carbons (Fsp3) is 0.316. The first-order chi connectivity index (χ1) is 11.6. The van der Waals surface area contributed by atoms with Gasteiger partial charge in [0.15, 0.2) is 5.41 Å². The molecule has 4 nitrogen and oxygen atoms in total. The molecule has 3 rings (SSSR count). The van der Waals surface area contributed by atoms with Crippen molar-refractivity contribution in [3.63, 3.8) is 0 Å².